The van der Waals surface area contributed by atoms with Crippen molar-refractivity contribution in [2.75, 3.05) is 0 Å². The van der Waals surface area contributed by atoms with Crippen molar-refractivity contribution < 1.29 is 4.79 Å². The molecule has 150 valence electrons. The highest BCUT2D eigenvalue weighted by atomic mass is 32.2. The first-order valence-electron chi connectivity index (χ1n) is 10.6. The summed E-state index contributed by atoms with van der Waals surface area (Å²) < 4.78 is 0. The molecule has 2 fully saturated rings. The quantitative estimate of drug-likeness (QED) is 0.444. The molecule has 2 aliphatic rings. The minimum Gasteiger partial charge on any atom is -0.283 e. The zero-order chi connectivity index (χ0) is 20.3. The highest BCUT2D eigenvalue weighted by Gasteiger charge is 2.38. The average Bonchev–Trinajstić information content (AvgIpc) is 3.10. The predicted octanol–water partition coefficient (Wildman–Crippen LogP) is 6.78. The molecule has 0 spiro atoms. The summed E-state index contributed by atoms with van der Waals surface area (Å²) in [6.07, 6.45) is 7.78. The molecule has 1 saturated carbocycles. The SMILES string of the molecule is O=C1/C(=C/c2cccc3ccccc23)SC(=Nc2ccccc2)N1C1CCCCC1. The van der Waals surface area contributed by atoms with Gasteiger partial charge in [-0.3, -0.25) is 9.69 Å². The van der Waals surface area contributed by atoms with Crippen LogP contribution in [0.5, 0.6) is 0 Å². The van der Waals surface area contributed by atoms with E-state index < -0.39 is 0 Å². The molecule has 1 aliphatic heterocycles. The topological polar surface area (TPSA) is 32.7 Å². The molecule has 0 atom stereocenters. The van der Waals surface area contributed by atoms with Crippen LogP contribution in [0.15, 0.2) is 82.7 Å². The molecule has 3 aromatic carbocycles. The standard InChI is InChI=1S/C26H24N2OS/c29-25-24(18-20-12-9-11-19-10-7-8-17-23(19)20)30-26(27-21-13-3-1-4-14-21)28(25)22-15-5-2-6-16-22/h1,3-4,7-14,17-18,22H,2,5-6,15-16H2/b24-18-,27-26?. The summed E-state index contributed by atoms with van der Waals surface area (Å²) in [6, 6.07) is 24.7. The Morgan fingerprint density at radius 1 is 0.867 bits per heavy atom. The molecule has 1 aliphatic carbocycles. The van der Waals surface area contributed by atoms with Crippen molar-refractivity contribution in [3.05, 3.63) is 83.3 Å². The van der Waals surface area contributed by atoms with E-state index in [1.807, 2.05) is 53.4 Å². The second-order valence-corrected chi connectivity index (χ2v) is 8.89. The van der Waals surface area contributed by atoms with Crippen molar-refractivity contribution >= 4 is 45.4 Å². The molecule has 1 amide bonds. The molecule has 0 radical (unpaired) electrons. The predicted molar refractivity (Wildman–Crippen MR) is 127 cm³/mol. The second kappa shape index (κ2) is 8.49. The van der Waals surface area contributed by atoms with Crippen LogP contribution in [0.25, 0.3) is 16.8 Å². The molecule has 1 heterocycles. The number of amidine groups is 1. The van der Waals surface area contributed by atoms with Crippen LogP contribution in [0, 0.1) is 0 Å². The van der Waals surface area contributed by atoms with Crippen molar-refractivity contribution in [3.63, 3.8) is 0 Å². The highest BCUT2D eigenvalue weighted by molar-refractivity contribution is 8.18. The van der Waals surface area contributed by atoms with E-state index in [2.05, 4.69) is 30.3 Å². The van der Waals surface area contributed by atoms with Crippen LogP contribution in [0.1, 0.15) is 37.7 Å². The zero-order valence-electron chi connectivity index (χ0n) is 16.8. The number of fused-ring (bicyclic) bond motifs is 1. The summed E-state index contributed by atoms with van der Waals surface area (Å²) in [6.45, 7) is 0. The van der Waals surface area contributed by atoms with Gasteiger partial charge in [0.05, 0.1) is 10.6 Å². The van der Waals surface area contributed by atoms with E-state index in [1.165, 1.54) is 41.8 Å². The van der Waals surface area contributed by atoms with Crippen LogP contribution in [-0.2, 0) is 4.79 Å². The van der Waals surface area contributed by atoms with E-state index in [0.717, 1.165) is 34.2 Å². The Hall–Kier alpha value is -2.85. The number of amides is 1. The molecular formula is C26H24N2OS. The Labute approximate surface area is 181 Å². The Kier molecular flexibility index (Phi) is 5.41. The van der Waals surface area contributed by atoms with Gasteiger partial charge in [-0.05, 0) is 59.1 Å². The third kappa shape index (κ3) is 3.80. The van der Waals surface area contributed by atoms with Gasteiger partial charge in [-0.25, -0.2) is 4.99 Å². The van der Waals surface area contributed by atoms with Gasteiger partial charge in [0.25, 0.3) is 5.91 Å². The first-order valence-corrected chi connectivity index (χ1v) is 11.5. The maximum atomic E-state index is 13.5. The largest absolute Gasteiger partial charge is 0.283 e. The van der Waals surface area contributed by atoms with E-state index in [-0.39, 0.29) is 11.9 Å². The lowest BCUT2D eigenvalue weighted by Gasteiger charge is -2.30. The van der Waals surface area contributed by atoms with Crippen molar-refractivity contribution in [1.29, 1.82) is 0 Å². The summed E-state index contributed by atoms with van der Waals surface area (Å²) in [5.41, 5.74) is 1.97. The van der Waals surface area contributed by atoms with Crippen LogP contribution in [0.2, 0.25) is 0 Å². The zero-order valence-corrected chi connectivity index (χ0v) is 17.6. The van der Waals surface area contributed by atoms with Gasteiger partial charge >= 0.3 is 0 Å². The van der Waals surface area contributed by atoms with Gasteiger partial charge in [0.15, 0.2) is 5.17 Å². The third-order valence-corrected chi connectivity index (χ3v) is 6.85. The number of hydrogen-bond acceptors (Lipinski definition) is 3. The van der Waals surface area contributed by atoms with Crippen LogP contribution >= 0.6 is 11.8 Å². The van der Waals surface area contributed by atoms with E-state index in [4.69, 9.17) is 4.99 Å². The van der Waals surface area contributed by atoms with Gasteiger partial charge < -0.3 is 0 Å². The maximum Gasteiger partial charge on any atom is 0.267 e. The van der Waals surface area contributed by atoms with Gasteiger partial charge in [0.2, 0.25) is 0 Å². The molecule has 0 bridgehead atoms. The van der Waals surface area contributed by atoms with Gasteiger partial charge in [0, 0.05) is 6.04 Å². The number of aliphatic imine (C=N–C) groups is 1. The number of para-hydroxylation sites is 1. The number of carbonyl (C=O) groups excluding carboxylic acids is 1. The fourth-order valence-electron chi connectivity index (χ4n) is 4.36. The second-order valence-electron chi connectivity index (χ2n) is 7.88. The lowest BCUT2D eigenvalue weighted by molar-refractivity contribution is -0.124. The fraction of sp³-hybridized carbons (Fsp3) is 0.231. The van der Waals surface area contributed by atoms with Gasteiger partial charge in [0.1, 0.15) is 0 Å². The molecule has 30 heavy (non-hydrogen) atoms. The van der Waals surface area contributed by atoms with Gasteiger partial charge in [-0.2, -0.15) is 0 Å². The van der Waals surface area contributed by atoms with Gasteiger partial charge in [-0.1, -0.05) is 79.9 Å². The Morgan fingerprint density at radius 2 is 1.60 bits per heavy atom. The first kappa shape index (κ1) is 19.1. The lowest BCUT2D eigenvalue weighted by Crippen LogP contribution is -2.40. The Morgan fingerprint density at radius 3 is 2.43 bits per heavy atom. The Bertz CT molecular complexity index is 1120. The summed E-state index contributed by atoms with van der Waals surface area (Å²) >= 11 is 1.51. The number of thioether (sulfide) groups is 1. The number of nitrogens with zero attached hydrogens (tertiary/aromatic N) is 2. The van der Waals surface area contributed by atoms with Crippen molar-refractivity contribution in [1.82, 2.24) is 4.90 Å². The molecule has 0 aromatic heterocycles. The minimum absolute atomic E-state index is 0.0921. The smallest absolute Gasteiger partial charge is 0.267 e. The van der Waals surface area contributed by atoms with E-state index in [0.29, 0.717) is 0 Å². The molecule has 1 saturated heterocycles. The molecule has 5 rings (SSSR count). The summed E-state index contributed by atoms with van der Waals surface area (Å²) in [4.78, 5) is 21.1. The number of benzene rings is 3. The minimum atomic E-state index is 0.0921. The molecular weight excluding hydrogens is 388 g/mol. The summed E-state index contributed by atoms with van der Waals surface area (Å²) in [5, 5.41) is 3.16. The van der Waals surface area contributed by atoms with Crippen LogP contribution in [0.4, 0.5) is 5.69 Å². The van der Waals surface area contributed by atoms with Crippen molar-refractivity contribution in [2.45, 2.75) is 38.1 Å². The molecule has 3 aromatic rings. The summed E-state index contributed by atoms with van der Waals surface area (Å²) in [7, 11) is 0. The number of carbonyl (C=O) groups is 1. The van der Waals surface area contributed by atoms with Gasteiger partial charge in [-0.15, -0.1) is 0 Å². The average molecular weight is 413 g/mol. The van der Waals surface area contributed by atoms with Crippen LogP contribution < -0.4 is 0 Å². The number of rotatable bonds is 3. The molecule has 3 nitrogen and oxygen atoms in total. The fourth-order valence-corrected chi connectivity index (χ4v) is 5.41. The molecule has 0 N–H and O–H groups in total. The highest BCUT2D eigenvalue weighted by Crippen LogP contribution is 2.39. The van der Waals surface area contributed by atoms with Crippen LogP contribution in [0.3, 0.4) is 0 Å². The first-order chi connectivity index (χ1) is 14.8. The third-order valence-electron chi connectivity index (χ3n) is 5.87. The van der Waals surface area contributed by atoms with Crippen molar-refractivity contribution in [2.24, 2.45) is 4.99 Å². The Balaban J connectivity index is 1.56. The van der Waals surface area contributed by atoms with Crippen LogP contribution in [-0.4, -0.2) is 22.0 Å². The van der Waals surface area contributed by atoms with E-state index in [9.17, 15) is 4.79 Å². The normalized spacial score (nSPS) is 20.5. The lowest BCUT2D eigenvalue weighted by atomic mass is 9.94. The molecule has 4 heteroatoms. The maximum absolute atomic E-state index is 13.5. The van der Waals surface area contributed by atoms with E-state index in [1.54, 1.807) is 0 Å². The summed E-state index contributed by atoms with van der Waals surface area (Å²) in [5.74, 6) is 0.0921. The molecule has 0 unspecified atom stereocenters. The van der Waals surface area contributed by atoms with E-state index >= 15 is 0 Å². The monoisotopic (exact) mass is 412 g/mol. The number of hydrogen-bond donors (Lipinski definition) is 0. The van der Waals surface area contributed by atoms with Crippen molar-refractivity contribution in [3.8, 4) is 0 Å².